The van der Waals surface area contributed by atoms with Crippen molar-refractivity contribution >= 4 is 23.5 Å². The molecule has 0 aromatic heterocycles. The molecule has 1 aromatic carbocycles. The van der Waals surface area contributed by atoms with Gasteiger partial charge >= 0.3 is 12.1 Å². The molecule has 0 atom stereocenters. The average molecular weight is 333 g/mol. The third kappa shape index (κ3) is 4.13. The zero-order chi connectivity index (χ0) is 17.9. The average Bonchev–Trinajstić information content (AvgIpc) is 2.51. The molecule has 0 fully saturated rings. The summed E-state index contributed by atoms with van der Waals surface area (Å²) in [4.78, 5) is 37.6. The van der Waals surface area contributed by atoms with E-state index >= 15 is 0 Å². The predicted octanol–water partition coefficient (Wildman–Crippen LogP) is 3.12. The van der Waals surface area contributed by atoms with Gasteiger partial charge in [0.25, 0.3) is 5.78 Å². The fraction of sp³-hybridized carbons (Fsp3) is 0.500. The van der Waals surface area contributed by atoms with Crippen molar-refractivity contribution in [2.24, 2.45) is 0 Å². The van der Waals surface area contributed by atoms with Gasteiger partial charge in [-0.15, -0.1) is 0 Å². The van der Waals surface area contributed by atoms with E-state index in [0.29, 0.717) is 6.54 Å². The van der Waals surface area contributed by atoms with E-state index in [4.69, 9.17) is 9.47 Å². The van der Waals surface area contributed by atoms with E-state index in [1.165, 1.54) is 0 Å². The highest BCUT2D eigenvalue weighted by atomic mass is 16.6. The molecule has 1 amide bonds. The number of rotatable bonds is 3. The molecule has 2 rings (SSSR count). The fourth-order valence-corrected chi connectivity index (χ4v) is 2.56. The molecule has 1 aromatic rings. The number of hydrogen-bond donors (Lipinski definition) is 0. The first-order valence-corrected chi connectivity index (χ1v) is 8.08. The molecule has 24 heavy (non-hydrogen) atoms. The number of nitrogens with zero attached hydrogens (tertiary/aromatic N) is 1. The third-order valence-corrected chi connectivity index (χ3v) is 3.54. The fourth-order valence-electron chi connectivity index (χ4n) is 2.56. The number of hydrogen-bond acceptors (Lipinski definition) is 5. The zero-order valence-corrected chi connectivity index (χ0v) is 14.5. The molecule has 1 heterocycles. The van der Waals surface area contributed by atoms with E-state index in [1.54, 1.807) is 30.0 Å². The number of aryl methyl sites for hydroxylation is 1. The number of fused-ring (bicyclic) bond motifs is 1. The minimum absolute atomic E-state index is 0.155. The number of Topliss-reactive ketones (excluding diaryl/α,β-unsaturated/α-hetero) is 1. The van der Waals surface area contributed by atoms with Gasteiger partial charge in [-0.1, -0.05) is 0 Å². The molecule has 6 heteroatoms. The van der Waals surface area contributed by atoms with Crippen molar-refractivity contribution in [1.82, 2.24) is 0 Å². The van der Waals surface area contributed by atoms with E-state index in [1.807, 2.05) is 20.8 Å². The number of anilines is 1. The van der Waals surface area contributed by atoms with E-state index < -0.39 is 23.4 Å². The van der Waals surface area contributed by atoms with Crippen molar-refractivity contribution in [2.75, 3.05) is 18.1 Å². The number of benzene rings is 1. The second-order valence-electron chi connectivity index (χ2n) is 6.63. The highest BCUT2D eigenvalue weighted by Gasteiger charge is 2.28. The third-order valence-electron chi connectivity index (χ3n) is 3.54. The molecule has 6 nitrogen and oxygen atoms in total. The Morgan fingerprint density at radius 1 is 1.21 bits per heavy atom. The van der Waals surface area contributed by atoms with Crippen LogP contribution in [0.15, 0.2) is 18.2 Å². The summed E-state index contributed by atoms with van der Waals surface area (Å²) in [5.74, 6) is -1.54. The first kappa shape index (κ1) is 18.0. The van der Waals surface area contributed by atoms with E-state index in [0.717, 1.165) is 24.1 Å². The molecular weight excluding hydrogens is 310 g/mol. The van der Waals surface area contributed by atoms with Crippen LogP contribution in [0.2, 0.25) is 0 Å². The Morgan fingerprint density at radius 2 is 1.92 bits per heavy atom. The first-order valence-electron chi connectivity index (χ1n) is 8.08. The van der Waals surface area contributed by atoms with E-state index in [9.17, 15) is 14.4 Å². The molecule has 0 bridgehead atoms. The molecule has 0 saturated heterocycles. The van der Waals surface area contributed by atoms with Crippen molar-refractivity contribution in [1.29, 1.82) is 0 Å². The summed E-state index contributed by atoms with van der Waals surface area (Å²) in [6.07, 6.45) is 1.09. The van der Waals surface area contributed by atoms with Crippen molar-refractivity contribution in [3.63, 3.8) is 0 Å². The monoisotopic (exact) mass is 333 g/mol. The maximum atomic E-state index is 12.4. The Balaban J connectivity index is 2.25. The number of ether oxygens (including phenoxy) is 2. The second-order valence-corrected chi connectivity index (χ2v) is 6.63. The number of carbonyl (C=O) groups is 3. The highest BCUT2D eigenvalue weighted by molar-refractivity contribution is 6.40. The molecule has 1 aliphatic heterocycles. The van der Waals surface area contributed by atoms with Gasteiger partial charge in [-0.25, -0.2) is 9.59 Å². The molecule has 0 radical (unpaired) electrons. The van der Waals surface area contributed by atoms with Crippen LogP contribution in [0.5, 0.6) is 0 Å². The lowest BCUT2D eigenvalue weighted by molar-refractivity contribution is -0.137. The Labute approximate surface area is 141 Å². The Bertz CT molecular complexity index is 660. The summed E-state index contributed by atoms with van der Waals surface area (Å²) in [6.45, 7) is 7.82. The lowest BCUT2D eigenvalue weighted by Gasteiger charge is -2.31. The van der Waals surface area contributed by atoms with Crippen molar-refractivity contribution in [3.8, 4) is 0 Å². The lowest BCUT2D eigenvalue weighted by Crippen LogP contribution is -2.39. The molecular formula is C18H23NO5. The van der Waals surface area contributed by atoms with Crippen LogP contribution in [0.4, 0.5) is 10.5 Å². The smallest absolute Gasteiger partial charge is 0.414 e. The van der Waals surface area contributed by atoms with Crippen LogP contribution in [0.3, 0.4) is 0 Å². The van der Waals surface area contributed by atoms with E-state index in [-0.39, 0.29) is 12.2 Å². The SMILES string of the molecule is CCOC(=O)C(=O)c1ccc2c(c1)CCCN2C(=O)OC(C)(C)C. The zero-order valence-electron chi connectivity index (χ0n) is 14.5. The van der Waals surface area contributed by atoms with E-state index in [2.05, 4.69) is 0 Å². The highest BCUT2D eigenvalue weighted by Crippen LogP contribution is 2.29. The van der Waals surface area contributed by atoms with Gasteiger partial charge in [0.05, 0.1) is 12.3 Å². The molecule has 0 unspecified atom stereocenters. The minimum Gasteiger partial charge on any atom is -0.460 e. The predicted molar refractivity (Wildman–Crippen MR) is 89.3 cm³/mol. The van der Waals surface area contributed by atoms with Crippen LogP contribution in [0.25, 0.3) is 0 Å². The van der Waals surface area contributed by atoms with Gasteiger partial charge in [-0.2, -0.15) is 0 Å². The number of esters is 1. The summed E-state index contributed by atoms with van der Waals surface area (Å²) in [6, 6.07) is 4.89. The van der Waals surface area contributed by atoms with Crippen LogP contribution in [0, 0.1) is 0 Å². The maximum absolute atomic E-state index is 12.4. The summed E-state index contributed by atoms with van der Waals surface area (Å²) in [5, 5.41) is 0. The van der Waals surface area contributed by atoms with Crippen LogP contribution < -0.4 is 4.90 Å². The van der Waals surface area contributed by atoms with Crippen LogP contribution in [-0.2, 0) is 20.7 Å². The Hall–Kier alpha value is -2.37. The van der Waals surface area contributed by atoms with Crippen molar-refractivity contribution in [2.45, 2.75) is 46.1 Å². The lowest BCUT2D eigenvalue weighted by atomic mass is 9.98. The van der Waals surface area contributed by atoms with Gasteiger partial charge in [-0.3, -0.25) is 9.69 Å². The number of ketones is 1. The molecule has 0 spiro atoms. The largest absolute Gasteiger partial charge is 0.460 e. The minimum atomic E-state index is -0.864. The molecule has 0 N–H and O–H groups in total. The standard InChI is InChI=1S/C18H23NO5/c1-5-23-16(21)15(20)13-8-9-14-12(11-13)7-6-10-19(14)17(22)24-18(2,3)4/h8-9,11H,5-7,10H2,1-4H3. The normalized spacial score (nSPS) is 13.9. The first-order chi connectivity index (χ1) is 11.2. The van der Waals surface area contributed by atoms with Crippen LogP contribution in [0.1, 0.15) is 50.0 Å². The Morgan fingerprint density at radius 3 is 2.54 bits per heavy atom. The van der Waals surface area contributed by atoms with Crippen molar-refractivity contribution in [3.05, 3.63) is 29.3 Å². The number of amides is 1. The number of carbonyl (C=O) groups excluding carboxylic acids is 3. The summed E-state index contributed by atoms with van der Waals surface area (Å²) in [7, 11) is 0. The molecule has 1 aliphatic rings. The van der Waals surface area contributed by atoms with Gasteiger partial charge in [0.15, 0.2) is 0 Å². The molecule has 130 valence electrons. The topological polar surface area (TPSA) is 72.9 Å². The quantitative estimate of drug-likeness (QED) is 0.483. The second kappa shape index (κ2) is 7.03. The van der Waals surface area contributed by atoms with Gasteiger partial charge in [0.1, 0.15) is 5.60 Å². The van der Waals surface area contributed by atoms with Crippen molar-refractivity contribution < 1.29 is 23.9 Å². The summed E-state index contributed by atoms with van der Waals surface area (Å²) >= 11 is 0. The summed E-state index contributed by atoms with van der Waals surface area (Å²) in [5.41, 5.74) is 1.27. The van der Waals surface area contributed by atoms with Gasteiger partial charge in [0.2, 0.25) is 0 Å². The molecule has 0 saturated carbocycles. The van der Waals surface area contributed by atoms with Crippen LogP contribution in [-0.4, -0.2) is 36.6 Å². The maximum Gasteiger partial charge on any atom is 0.414 e. The summed E-state index contributed by atoms with van der Waals surface area (Å²) < 4.78 is 10.2. The van der Waals surface area contributed by atoms with Gasteiger partial charge < -0.3 is 9.47 Å². The van der Waals surface area contributed by atoms with Gasteiger partial charge in [0, 0.05) is 12.1 Å². The van der Waals surface area contributed by atoms with Gasteiger partial charge in [-0.05, 0) is 64.3 Å². The van der Waals surface area contributed by atoms with Crippen LogP contribution >= 0.6 is 0 Å². The Kier molecular flexibility index (Phi) is 5.26. The molecule has 0 aliphatic carbocycles.